The summed E-state index contributed by atoms with van der Waals surface area (Å²) in [6.45, 7) is 8.07. The van der Waals surface area contributed by atoms with E-state index in [0.29, 0.717) is 6.04 Å². The summed E-state index contributed by atoms with van der Waals surface area (Å²) in [6.07, 6.45) is 10.5. The van der Waals surface area contributed by atoms with Crippen LogP contribution in [0.3, 0.4) is 0 Å². The molecule has 0 aromatic heterocycles. The summed E-state index contributed by atoms with van der Waals surface area (Å²) in [7, 11) is 4.09. The van der Waals surface area contributed by atoms with Crippen LogP contribution in [0.5, 0.6) is 0 Å². The van der Waals surface area contributed by atoms with E-state index in [-0.39, 0.29) is 0 Å². The molecule has 1 rings (SSSR count). The van der Waals surface area contributed by atoms with Crippen LogP contribution in [0.25, 0.3) is 0 Å². The van der Waals surface area contributed by atoms with Gasteiger partial charge in [-0.15, -0.1) is 0 Å². The molecule has 1 aliphatic heterocycles. The van der Waals surface area contributed by atoms with Crippen molar-refractivity contribution >= 4 is 5.96 Å². The van der Waals surface area contributed by atoms with E-state index in [0.717, 1.165) is 18.4 Å². The molecule has 0 aromatic rings. The summed E-state index contributed by atoms with van der Waals surface area (Å²) in [4.78, 5) is 6.79. The van der Waals surface area contributed by atoms with Crippen LogP contribution >= 0.6 is 0 Å². The molecule has 0 spiro atoms. The van der Waals surface area contributed by atoms with E-state index in [2.05, 4.69) is 41.4 Å². The Morgan fingerprint density at radius 1 is 1.23 bits per heavy atom. The monoisotopic (exact) mass is 310 g/mol. The lowest BCUT2D eigenvalue weighted by Crippen LogP contribution is -2.43. The van der Waals surface area contributed by atoms with Gasteiger partial charge in [-0.1, -0.05) is 32.6 Å². The standard InChI is InChI=1S/C18H38N4/c1-5-6-7-8-9-16(2)21-18(19-3)20-13-10-17-11-14-22(4)15-12-17/h16-17H,5-15H2,1-4H3,(H2,19,20,21). The highest BCUT2D eigenvalue weighted by molar-refractivity contribution is 5.79. The topological polar surface area (TPSA) is 39.7 Å². The van der Waals surface area contributed by atoms with Crippen molar-refractivity contribution in [1.29, 1.82) is 0 Å². The molecular formula is C18H38N4. The van der Waals surface area contributed by atoms with Crippen LogP contribution in [-0.2, 0) is 0 Å². The second-order valence-corrected chi connectivity index (χ2v) is 6.93. The molecule has 22 heavy (non-hydrogen) atoms. The molecule has 1 unspecified atom stereocenters. The predicted molar refractivity (Wildman–Crippen MR) is 97.6 cm³/mol. The first-order valence-electron chi connectivity index (χ1n) is 9.31. The number of nitrogens with one attached hydrogen (secondary N) is 2. The molecule has 2 N–H and O–H groups in total. The number of nitrogens with zero attached hydrogens (tertiary/aromatic N) is 2. The molecule has 1 atom stereocenters. The van der Waals surface area contributed by atoms with Crippen molar-refractivity contribution in [3.63, 3.8) is 0 Å². The van der Waals surface area contributed by atoms with E-state index in [1.807, 2.05) is 7.05 Å². The minimum atomic E-state index is 0.506. The zero-order valence-electron chi connectivity index (χ0n) is 15.3. The largest absolute Gasteiger partial charge is 0.356 e. The first-order chi connectivity index (χ1) is 10.7. The fourth-order valence-corrected chi connectivity index (χ4v) is 3.12. The van der Waals surface area contributed by atoms with E-state index in [9.17, 15) is 0 Å². The van der Waals surface area contributed by atoms with Gasteiger partial charge in [0.25, 0.3) is 0 Å². The normalized spacial score (nSPS) is 19.2. The van der Waals surface area contributed by atoms with Gasteiger partial charge in [-0.05, 0) is 58.7 Å². The molecule has 1 heterocycles. The molecule has 4 nitrogen and oxygen atoms in total. The molecule has 0 saturated carbocycles. The van der Waals surface area contributed by atoms with Gasteiger partial charge >= 0.3 is 0 Å². The second kappa shape index (κ2) is 11.8. The van der Waals surface area contributed by atoms with Gasteiger partial charge in [0.2, 0.25) is 0 Å². The van der Waals surface area contributed by atoms with Crippen molar-refractivity contribution < 1.29 is 0 Å². The van der Waals surface area contributed by atoms with Crippen molar-refractivity contribution in [2.45, 2.75) is 71.3 Å². The summed E-state index contributed by atoms with van der Waals surface area (Å²) < 4.78 is 0. The van der Waals surface area contributed by atoms with Gasteiger partial charge in [-0.2, -0.15) is 0 Å². The van der Waals surface area contributed by atoms with Crippen LogP contribution in [0.2, 0.25) is 0 Å². The first-order valence-corrected chi connectivity index (χ1v) is 9.31. The Hall–Kier alpha value is -0.770. The van der Waals surface area contributed by atoms with Crippen LogP contribution < -0.4 is 10.6 Å². The Morgan fingerprint density at radius 3 is 2.59 bits per heavy atom. The highest BCUT2D eigenvalue weighted by atomic mass is 15.2. The maximum atomic E-state index is 4.35. The third-order valence-electron chi connectivity index (χ3n) is 4.78. The molecule has 1 aliphatic rings. The number of likely N-dealkylation sites (tertiary alicyclic amines) is 1. The quantitative estimate of drug-likeness (QED) is 0.390. The molecule has 130 valence electrons. The van der Waals surface area contributed by atoms with Crippen LogP contribution in [0.15, 0.2) is 4.99 Å². The van der Waals surface area contributed by atoms with Gasteiger partial charge < -0.3 is 15.5 Å². The number of hydrogen-bond acceptors (Lipinski definition) is 2. The van der Waals surface area contributed by atoms with E-state index in [1.54, 1.807) is 0 Å². The van der Waals surface area contributed by atoms with Crippen molar-refractivity contribution in [3.8, 4) is 0 Å². The predicted octanol–water partition coefficient (Wildman–Crippen LogP) is 3.24. The van der Waals surface area contributed by atoms with Gasteiger partial charge in [-0.25, -0.2) is 0 Å². The Labute approximate surface area is 138 Å². The molecule has 4 heteroatoms. The SMILES string of the molecule is CCCCCCC(C)NC(=NC)NCCC1CCN(C)CC1. The highest BCUT2D eigenvalue weighted by Crippen LogP contribution is 2.18. The Morgan fingerprint density at radius 2 is 1.95 bits per heavy atom. The van der Waals surface area contributed by atoms with Gasteiger partial charge in [0.15, 0.2) is 5.96 Å². The summed E-state index contributed by atoms with van der Waals surface area (Å²) in [5, 5.41) is 7.00. The number of unbranched alkanes of at least 4 members (excludes halogenated alkanes) is 3. The van der Waals surface area contributed by atoms with E-state index in [1.165, 1.54) is 64.5 Å². The summed E-state index contributed by atoms with van der Waals surface area (Å²) in [6, 6.07) is 0.506. The Kier molecular flexibility index (Phi) is 10.3. The summed E-state index contributed by atoms with van der Waals surface area (Å²) in [5.41, 5.74) is 0. The fourth-order valence-electron chi connectivity index (χ4n) is 3.12. The van der Waals surface area contributed by atoms with E-state index >= 15 is 0 Å². The summed E-state index contributed by atoms with van der Waals surface area (Å²) in [5.74, 6) is 1.85. The lowest BCUT2D eigenvalue weighted by atomic mass is 9.94. The molecular weight excluding hydrogens is 272 g/mol. The number of hydrogen-bond donors (Lipinski definition) is 2. The molecule has 0 amide bonds. The minimum absolute atomic E-state index is 0.506. The lowest BCUT2D eigenvalue weighted by Gasteiger charge is -2.29. The number of guanidine groups is 1. The Bertz CT molecular complexity index is 295. The van der Waals surface area contributed by atoms with Crippen molar-refractivity contribution in [2.75, 3.05) is 33.7 Å². The van der Waals surface area contributed by atoms with Crippen molar-refractivity contribution in [1.82, 2.24) is 15.5 Å². The first kappa shape index (κ1) is 19.3. The Balaban J connectivity index is 2.11. The van der Waals surface area contributed by atoms with Gasteiger partial charge in [0, 0.05) is 19.6 Å². The smallest absolute Gasteiger partial charge is 0.191 e. The van der Waals surface area contributed by atoms with Crippen molar-refractivity contribution in [2.24, 2.45) is 10.9 Å². The van der Waals surface area contributed by atoms with Gasteiger partial charge in [0.05, 0.1) is 0 Å². The highest BCUT2D eigenvalue weighted by Gasteiger charge is 2.16. The van der Waals surface area contributed by atoms with Gasteiger partial charge in [-0.3, -0.25) is 4.99 Å². The zero-order chi connectivity index (χ0) is 16.2. The second-order valence-electron chi connectivity index (χ2n) is 6.93. The zero-order valence-corrected chi connectivity index (χ0v) is 15.3. The number of piperidine rings is 1. The van der Waals surface area contributed by atoms with Crippen molar-refractivity contribution in [3.05, 3.63) is 0 Å². The maximum Gasteiger partial charge on any atom is 0.191 e. The molecule has 0 aliphatic carbocycles. The molecule has 0 aromatic carbocycles. The average molecular weight is 311 g/mol. The average Bonchev–Trinajstić information content (AvgIpc) is 2.52. The number of rotatable bonds is 9. The molecule has 0 bridgehead atoms. The van der Waals surface area contributed by atoms with Crippen LogP contribution in [-0.4, -0.2) is 50.6 Å². The third-order valence-corrected chi connectivity index (χ3v) is 4.78. The van der Waals surface area contributed by atoms with Crippen LogP contribution in [0.4, 0.5) is 0 Å². The maximum absolute atomic E-state index is 4.35. The van der Waals surface area contributed by atoms with Crippen LogP contribution in [0.1, 0.15) is 65.2 Å². The molecule has 0 radical (unpaired) electrons. The summed E-state index contributed by atoms with van der Waals surface area (Å²) >= 11 is 0. The third kappa shape index (κ3) is 8.62. The van der Waals surface area contributed by atoms with E-state index in [4.69, 9.17) is 0 Å². The van der Waals surface area contributed by atoms with Gasteiger partial charge in [0.1, 0.15) is 0 Å². The molecule has 1 fully saturated rings. The number of aliphatic imine (C=N–C) groups is 1. The molecule has 1 saturated heterocycles. The fraction of sp³-hybridized carbons (Fsp3) is 0.944. The van der Waals surface area contributed by atoms with Crippen LogP contribution in [0, 0.1) is 5.92 Å². The van der Waals surface area contributed by atoms with E-state index < -0.39 is 0 Å². The minimum Gasteiger partial charge on any atom is -0.356 e. The lowest BCUT2D eigenvalue weighted by molar-refractivity contribution is 0.213.